The summed E-state index contributed by atoms with van der Waals surface area (Å²) in [5.41, 5.74) is 1.41. The highest BCUT2D eigenvalue weighted by molar-refractivity contribution is 5.99. The number of nitrogens with one attached hydrogen (secondary N) is 2. The number of rotatable bonds is 7. The first-order valence-corrected chi connectivity index (χ1v) is 7.79. The van der Waals surface area contributed by atoms with E-state index in [2.05, 4.69) is 15.6 Å². The van der Waals surface area contributed by atoms with Crippen LogP contribution in [0.2, 0.25) is 0 Å². The molecule has 0 aliphatic heterocycles. The van der Waals surface area contributed by atoms with Gasteiger partial charge in [0.25, 0.3) is 5.91 Å². The summed E-state index contributed by atoms with van der Waals surface area (Å²) in [7, 11) is 4.43. The van der Waals surface area contributed by atoms with E-state index in [4.69, 9.17) is 14.2 Å². The molecule has 0 aliphatic rings. The number of carbonyl (C=O) groups excluding carboxylic acids is 2. The summed E-state index contributed by atoms with van der Waals surface area (Å²) in [5.74, 6) is 0.488. The summed E-state index contributed by atoms with van der Waals surface area (Å²) in [5, 5.41) is 5.42. The van der Waals surface area contributed by atoms with Crippen LogP contribution in [-0.2, 0) is 11.3 Å². The van der Waals surface area contributed by atoms with Crippen molar-refractivity contribution in [2.24, 2.45) is 0 Å². The zero-order chi connectivity index (χ0) is 19.1. The van der Waals surface area contributed by atoms with Gasteiger partial charge >= 0.3 is 0 Å². The number of hydrogen-bond acceptors (Lipinski definition) is 6. The SMILES string of the molecule is COc1cc(C(=O)NCc2cccnc2OC)cc(NC(C)=O)c1OC. The number of amides is 2. The summed E-state index contributed by atoms with van der Waals surface area (Å²) >= 11 is 0. The highest BCUT2D eigenvalue weighted by Crippen LogP contribution is 2.36. The molecule has 8 heteroatoms. The zero-order valence-corrected chi connectivity index (χ0v) is 15.1. The summed E-state index contributed by atoms with van der Waals surface area (Å²) in [6.45, 7) is 1.60. The third kappa shape index (κ3) is 4.41. The van der Waals surface area contributed by atoms with E-state index >= 15 is 0 Å². The van der Waals surface area contributed by atoms with Crippen molar-refractivity contribution in [3.63, 3.8) is 0 Å². The summed E-state index contributed by atoms with van der Waals surface area (Å²) < 4.78 is 15.7. The maximum absolute atomic E-state index is 12.5. The van der Waals surface area contributed by atoms with Crippen molar-refractivity contribution < 1.29 is 23.8 Å². The molecule has 1 heterocycles. The van der Waals surface area contributed by atoms with Gasteiger partial charge in [0.05, 0.1) is 27.0 Å². The first-order chi connectivity index (χ1) is 12.5. The second-order valence-corrected chi connectivity index (χ2v) is 5.29. The lowest BCUT2D eigenvalue weighted by Gasteiger charge is -2.15. The van der Waals surface area contributed by atoms with Crippen LogP contribution in [0.1, 0.15) is 22.8 Å². The van der Waals surface area contributed by atoms with Gasteiger partial charge in [-0.2, -0.15) is 0 Å². The van der Waals surface area contributed by atoms with Crippen LogP contribution in [0.5, 0.6) is 17.4 Å². The second kappa shape index (κ2) is 8.70. The number of benzene rings is 1. The van der Waals surface area contributed by atoms with E-state index in [9.17, 15) is 9.59 Å². The minimum Gasteiger partial charge on any atom is -0.493 e. The van der Waals surface area contributed by atoms with E-state index in [-0.39, 0.29) is 18.4 Å². The molecule has 8 nitrogen and oxygen atoms in total. The molecule has 0 spiro atoms. The largest absolute Gasteiger partial charge is 0.493 e. The predicted molar refractivity (Wildman–Crippen MR) is 95.8 cm³/mol. The number of anilines is 1. The van der Waals surface area contributed by atoms with Gasteiger partial charge < -0.3 is 24.8 Å². The third-order valence-electron chi connectivity index (χ3n) is 3.53. The first kappa shape index (κ1) is 19.0. The Labute approximate surface area is 151 Å². The van der Waals surface area contributed by atoms with Crippen LogP contribution in [0.4, 0.5) is 5.69 Å². The Balaban J connectivity index is 2.26. The van der Waals surface area contributed by atoms with Gasteiger partial charge in [0.1, 0.15) is 0 Å². The van der Waals surface area contributed by atoms with E-state index in [1.54, 1.807) is 18.3 Å². The first-order valence-electron chi connectivity index (χ1n) is 7.79. The van der Waals surface area contributed by atoms with Gasteiger partial charge in [-0.25, -0.2) is 4.98 Å². The number of methoxy groups -OCH3 is 3. The molecule has 138 valence electrons. The Morgan fingerprint density at radius 1 is 1.12 bits per heavy atom. The molecule has 0 unspecified atom stereocenters. The second-order valence-electron chi connectivity index (χ2n) is 5.29. The monoisotopic (exact) mass is 359 g/mol. The normalized spacial score (nSPS) is 10.0. The van der Waals surface area contributed by atoms with E-state index in [0.29, 0.717) is 28.6 Å². The lowest BCUT2D eigenvalue weighted by Crippen LogP contribution is -2.23. The number of carbonyl (C=O) groups is 2. The van der Waals surface area contributed by atoms with Crippen molar-refractivity contribution in [3.8, 4) is 17.4 Å². The number of ether oxygens (including phenoxy) is 3. The van der Waals surface area contributed by atoms with Crippen LogP contribution < -0.4 is 24.8 Å². The number of hydrogen-bond donors (Lipinski definition) is 2. The van der Waals surface area contributed by atoms with E-state index in [1.165, 1.54) is 34.3 Å². The Hall–Kier alpha value is -3.29. The molecule has 1 aromatic heterocycles. The van der Waals surface area contributed by atoms with Crippen molar-refractivity contribution >= 4 is 17.5 Å². The van der Waals surface area contributed by atoms with Crippen LogP contribution in [0, 0.1) is 0 Å². The Bertz CT molecular complexity index is 807. The molecular formula is C18H21N3O5. The fourth-order valence-corrected chi connectivity index (χ4v) is 2.40. The van der Waals surface area contributed by atoms with Crippen LogP contribution in [-0.4, -0.2) is 38.1 Å². The van der Waals surface area contributed by atoms with Crippen LogP contribution in [0.25, 0.3) is 0 Å². The summed E-state index contributed by atoms with van der Waals surface area (Å²) in [6.07, 6.45) is 1.61. The molecule has 0 saturated heterocycles. The fraction of sp³-hybridized carbons (Fsp3) is 0.278. The molecule has 0 bridgehead atoms. The molecule has 0 aliphatic carbocycles. The predicted octanol–water partition coefficient (Wildman–Crippen LogP) is 2.00. The Morgan fingerprint density at radius 3 is 2.50 bits per heavy atom. The number of pyridine rings is 1. The van der Waals surface area contributed by atoms with E-state index < -0.39 is 0 Å². The van der Waals surface area contributed by atoms with Crippen molar-refractivity contribution in [3.05, 3.63) is 41.6 Å². The topological polar surface area (TPSA) is 98.8 Å². The van der Waals surface area contributed by atoms with Crippen LogP contribution in [0.15, 0.2) is 30.5 Å². The molecule has 0 saturated carbocycles. The van der Waals surface area contributed by atoms with E-state index in [1.807, 2.05) is 6.07 Å². The average molecular weight is 359 g/mol. The highest BCUT2D eigenvalue weighted by atomic mass is 16.5. The fourth-order valence-electron chi connectivity index (χ4n) is 2.40. The summed E-state index contributed by atoms with van der Waals surface area (Å²) in [4.78, 5) is 28.0. The number of nitrogens with zero attached hydrogens (tertiary/aromatic N) is 1. The van der Waals surface area contributed by atoms with Crippen molar-refractivity contribution in [2.45, 2.75) is 13.5 Å². The molecular weight excluding hydrogens is 338 g/mol. The average Bonchev–Trinajstić information content (AvgIpc) is 2.65. The van der Waals surface area contributed by atoms with Crippen molar-refractivity contribution in [1.82, 2.24) is 10.3 Å². The summed E-state index contributed by atoms with van der Waals surface area (Å²) in [6, 6.07) is 6.64. The number of aromatic nitrogens is 1. The van der Waals surface area contributed by atoms with Gasteiger partial charge in [-0.15, -0.1) is 0 Å². The van der Waals surface area contributed by atoms with Crippen LogP contribution in [0.3, 0.4) is 0 Å². The van der Waals surface area contributed by atoms with Gasteiger partial charge in [0, 0.05) is 30.8 Å². The van der Waals surface area contributed by atoms with Crippen LogP contribution >= 0.6 is 0 Å². The van der Waals surface area contributed by atoms with Gasteiger partial charge in [0.2, 0.25) is 11.8 Å². The quantitative estimate of drug-likeness (QED) is 0.784. The Morgan fingerprint density at radius 2 is 1.88 bits per heavy atom. The highest BCUT2D eigenvalue weighted by Gasteiger charge is 2.17. The van der Waals surface area contributed by atoms with Gasteiger partial charge in [-0.1, -0.05) is 6.07 Å². The van der Waals surface area contributed by atoms with E-state index in [0.717, 1.165) is 5.56 Å². The molecule has 1 aromatic carbocycles. The lowest BCUT2D eigenvalue weighted by atomic mass is 10.1. The minimum absolute atomic E-state index is 0.236. The van der Waals surface area contributed by atoms with Crippen molar-refractivity contribution in [2.75, 3.05) is 26.6 Å². The van der Waals surface area contributed by atoms with Gasteiger partial charge in [-0.3, -0.25) is 9.59 Å². The molecule has 2 rings (SSSR count). The molecule has 0 radical (unpaired) electrons. The minimum atomic E-state index is -0.344. The molecule has 26 heavy (non-hydrogen) atoms. The standard InChI is InChI=1S/C18H21N3O5/c1-11(22)21-14-8-13(9-15(24-2)16(14)25-3)17(23)20-10-12-6-5-7-19-18(12)26-4/h5-9H,10H2,1-4H3,(H,20,23)(H,21,22). The maximum atomic E-state index is 12.5. The smallest absolute Gasteiger partial charge is 0.251 e. The molecule has 0 fully saturated rings. The van der Waals surface area contributed by atoms with Crippen molar-refractivity contribution in [1.29, 1.82) is 0 Å². The van der Waals surface area contributed by atoms with Gasteiger partial charge in [0.15, 0.2) is 11.5 Å². The maximum Gasteiger partial charge on any atom is 0.251 e. The third-order valence-corrected chi connectivity index (χ3v) is 3.53. The molecule has 0 atom stereocenters. The Kier molecular flexibility index (Phi) is 6.37. The molecule has 2 N–H and O–H groups in total. The molecule has 2 aromatic rings. The van der Waals surface area contributed by atoms with Gasteiger partial charge in [-0.05, 0) is 18.2 Å². The zero-order valence-electron chi connectivity index (χ0n) is 15.1. The lowest BCUT2D eigenvalue weighted by molar-refractivity contribution is -0.114. The molecule has 2 amide bonds.